The Hall–Kier alpha value is -3.85. The molecule has 1 amide bonds. The molecule has 0 atom stereocenters. The minimum absolute atomic E-state index is 0.0660. The Morgan fingerprint density at radius 3 is 2.22 bits per heavy atom. The van der Waals surface area contributed by atoms with Gasteiger partial charge in [0.25, 0.3) is 5.22 Å². The molecule has 0 unspecified atom stereocenters. The Morgan fingerprint density at radius 1 is 0.917 bits per heavy atom. The monoisotopic (exact) mass is 508 g/mol. The van der Waals surface area contributed by atoms with Gasteiger partial charge in [0.1, 0.15) is 11.3 Å². The van der Waals surface area contributed by atoms with E-state index in [1.807, 2.05) is 48.5 Å². The summed E-state index contributed by atoms with van der Waals surface area (Å²) in [6.45, 7) is 0.356. The number of hydrogen-bond acceptors (Lipinski definition) is 8. The number of anilines is 1. The lowest BCUT2D eigenvalue weighted by molar-refractivity contribution is -0.118. The number of para-hydroxylation sites is 2. The van der Waals surface area contributed by atoms with Crippen molar-refractivity contribution in [1.29, 1.82) is 0 Å². The van der Waals surface area contributed by atoms with Crippen molar-refractivity contribution in [3.63, 3.8) is 0 Å². The molecule has 0 aliphatic carbocycles. The second kappa shape index (κ2) is 11.7. The van der Waals surface area contributed by atoms with Gasteiger partial charge in [-0.1, -0.05) is 36.0 Å². The van der Waals surface area contributed by atoms with Crippen LogP contribution in [-0.4, -0.2) is 45.1 Å². The van der Waals surface area contributed by atoms with E-state index >= 15 is 0 Å². The zero-order valence-electron chi connectivity index (χ0n) is 20.6. The number of fused-ring (bicyclic) bond motifs is 1. The molecule has 8 nitrogen and oxygen atoms in total. The van der Waals surface area contributed by atoms with Gasteiger partial charge in [-0.3, -0.25) is 4.79 Å². The quantitative estimate of drug-likeness (QED) is 0.243. The standard InChI is InChI=1S/C27H28N2O6S/c1-31-20-11-9-18(10-12-20)17-29(19-15-23(32-2)26(34-4)24(16-19)33-3)25(30)13-14-36-27-28-21-7-5-6-8-22(21)35-27/h5-12,15-16H,13-14,17H2,1-4H3. The van der Waals surface area contributed by atoms with Crippen LogP contribution in [0.15, 0.2) is 70.3 Å². The van der Waals surface area contributed by atoms with Gasteiger partial charge in [0, 0.05) is 24.3 Å². The molecule has 0 bridgehead atoms. The maximum Gasteiger partial charge on any atom is 0.256 e. The Bertz CT molecular complexity index is 1260. The van der Waals surface area contributed by atoms with Crippen LogP contribution in [0.25, 0.3) is 11.1 Å². The van der Waals surface area contributed by atoms with Gasteiger partial charge in [0.05, 0.1) is 40.7 Å². The third-order valence-electron chi connectivity index (χ3n) is 5.58. The number of amides is 1. The Morgan fingerprint density at radius 2 is 1.61 bits per heavy atom. The fourth-order valence-corrected chi connectivity index (χ4v) is 4.50. The summed E-state index contributed by atoms with van der Waals surface area (Å²) in [4.78, 5) is 19.7. The van der Waals surface area contributed by atoms with E-state index in [1.54, 1.807) is 45.5 Å². The highest BCUT2D eigenvalue weighted by Crippen LogP contribution is 2.41. The molecule has 9 heteroatoms. The summed E-state index contributed by atoms with van der Waals surface area (Å²) in [6, 6.07) is 18.7. The summed E-state index contributed by atoms with van der Waals surface area (Å²) in [5, 5.41) is 0.540. The van der Waals surface area contributed by atoms with E-state index in [-0.39, 0.29) is 12.3 Å². The summed E-state index contributed by atoms with van der Waals surface area (Å²) in [6.07, 6.45) is 0.274. The average Bonchev–Trinajstić information content (AvgIpc) is 3.34. The third kappa shape index (κ3) is 5.68. The Kier molecular flexibility index (Phi) is 8.22. The predicted octanol–water partition coefficient (Wildman–Crippen LogP) is 5.58. The Balaban J connectivity index is 1.57. The maximum absolute atomic E-state index is 13.5. The van der Waals surface area contributed by atoms with Gasteiger partial charge < -0.3 is 28.3 Å². The number of carbonyl (C=O) groups is 1. The van der Waals surface area contributed by atoms with Gasteiger partial charge in [0.15, 0.2) is 17.1 Å². The number of thioether (sulfide) groups is 1. The van der Waals surface area contributed by atoms with Crippen LogP contribution >= 0.6 is 11.8 Å². The number of hydrogen-bond donors (Lipinski definition) is 0. The van der Waals surface area contributed by atoms with Crippen LogP contribution in [0.3, 0.4) is 0 Å². The van der Waals surface area contributed by atoms with E-state index < -0.39 is 0 Å². The van der Waals surface area contributed by atoms with E-state index in [0.717, 1.165) is 22.4 Å². The second-order valence-corrected chi connectivity index (χ2v) is 8.80. The zero-order valence-corrected chi connectivity index (χ0v) is 21.5. The fraction of sp³-hybridized carbons (Fsp3) is 0.259. The lowest BCUT2D eigenvalue weighted by atomic mass is 10.1. The van der Waals surface area contributed by atoms with Crippen LogP contribution in [0.1, 0.15) is 12.0 Å². The van der Waals surface area contributed by atoms with Crippen LogP contribution < -0.4 is 23.8 Å². The highest BCUT2D eigenvalue weighted by atomic mass is 32.2. The van der Waals surface area contributed by atoms with Crippen LogP contribution in [0.5, 0.6) is 23.0 Å². The first kappa shape index (κ1) is 25.2. The van der Waals surface area contributed by atoms with Crippen molar-refractivity contribution in [2.75, 3.05) is 39.1 Å². The molecule has 188 valence electrons. The summed E-state index contributed by atoms with van der Waals surface area (Å²) in [5.74, 6) is 2.60. The molecule has 3 aromatic carbocycles. The van der Waals surface area contributed by atoms with E-state index in [0.29, 0.717) is 40.5 Å². The molecule has 4 rings (SSSR count). The zero-order chi connectivity index (χ0) is 25.5. The highest BCUT2D eigenvalue weighted by Gasteiger charge is 2.22. The van der Waals surface area contributed by atoms with Crippen molar-refractivity contribution in [2.45, 2.75) is 18.2 Å². The molecular formula is C27H28N2O6S. The van der Waals surface area contributed by atoms with Gasteiger partial charge >= 0.3 is 0 Å². The molecule has 0 aliphatic rings. The largest absolute Gasteiger partial charge is 0.497 e. The fourth-order valence-electron chi connectivity index (χ4n) is 3.73. The van der Waals surface area contributed by atoms with E-state index in [1.165, 1.54) is 11.8 Å². The molecule has 0 aliphatic heterocycles. The smallest absolute Gasteiger partial charge is 0.256 e. The number of oxazole rings is 1. The van der Waals surface area contributed by atoms with Crippen molar-refractivity contribution in [1.82, 2.24) is 4.98 Å². The normalized spacial score (nSPS) is 10.8. The first-order chi connectivity index (χ1) is 17.6. The lowest BCUT2D eigenvalue weighted by Crippen LogP contribution is -2.30. The molecule has 0 N–H and O–H groups in total. The lowest BCUT2D eigenvalue weighted by Gasteiger charge is -2.25. The predicted molar refractivity (Wildman–Crippen MR) is 140 cm³/mol. The second-order valence-electron chi connectivity index (χ2n) is 7.76. The minimum atomic E-state index is -0.0660. The summed E-state index contributed by atoms with van der Waals surface area (Å²) >= 11 is 1.41. The average molecular weight is 509 g/mol. The van der Waals surface area contributed by atoms with Gasteiger partial charge in [-0.2, -0.15) is 0 Å². The van der Waals surface area contributed by atoms with Crippen LogP contribution in [0, 0.1) is 0 Å². The molecule has 1 aromatic heterocycles. The number of aromatic nitrogens is 1. The number of methoxy groups -OCH3 is 4. The number of benzene rings is 3. The van der Waals surface area contributed by atoms with E-state index in [2.05, 4.69) is 4.98 Å². The van der Waals surface area contributed by atoms with Crippen LogP contribution in [0.2, 0.25) is 0 Å². The first-order valence-electron chi connectivity index (χ1n) is 11.3. The number of nitrogens with zero attached hydrogens (tertiary/aromatic N) is 2. The molecule has 36 heavy (non-hydrogen) atoms. The number of ether oxygens (including phenoxy) is 4. The van der Waals surface area contributed by atoms with E-state index in [9.17, 15) is 4.79 Å². The molecule has 0 saturated heterocycles. The maximum atomic E-state index is 13.5. The molecule has 1 heterocycles. The van der Waals surface area contributed by atoms with Crippen molar-refractivity contribution < 1.29 is 28.2 Å². The number of carbonyl (C=O) groups excluding carboxylic acids is 1. The third-order valence-corrected chi connectivity index (χ3v) is 6.41. The van der Waals surface area contributed by atoms with Crippen LogP contribution in [-0.2, 0) is 11.3 Å². The summed E-state index contributed by atoms with van der Waals surface area (Å²) < 4.78 is 27.5. The molecule has 4 aromatic rings. The molecule has 0 saturated carbocycles. The van der Waals surface area contributed by atoms with Crippen molar-refractivity contribution in [3.8, 4) is 23.0 Å². The molecule has 0 fully saturated rings. The van der Waals surface area contributed by atoms with Crippen molar-refractivity contribution in [3.05, 3.63) is 66.2 Å². The van der Waals surface area contributed by atoms with Crippen molar-refractivity contribution >= 4 is 34.5 Å². The molecular weight excluding hydrogens is 480 g/mol. The summed E-state index contributed by atoms with van der Waals surface area (Å²) in [7, 11) is 6.26. The van der Waals surface area contributed by atoms with E-state index in [4.69, 9.17) is 23.4 Å². The SMILES string of the molecule is COc1ccc(CN(C(=O)CCSc2nc3ccccc3o2)c2cc(OC)c(OC)c(OC)c2)cc1. The topological polar surface area (TPSA) is 83.3 Å². The minimum Gasteiger partial charge on any atom is -0.497 e. The van der Waals surface area contributed by atoms with Gasteiger partial charge in [-0.25, -0.2) is 4.98 Å². The van der Waals surface area contributed by atoms with Gasteiger partial charge in [0.2, 0.25) is 11.7 Å². The van der Waals surface area contributed by atoms with Gasteiger partial charge in [-0.15, -0.1) is 0 Å². The molecule has 0 radical (unpaired) electrons. The summed E-state index contributed by atoms with van der Waals surface area (Å²) in [5.41, 5.74) is 3.11. The van der Waals surface area contributed by atoms with Gasteiger partial charge in [-0.05, 0) is 29.8 Å². The first-order valence-corrected chi connectivity index (χ1v) is 12.3. The van der Waals surface area contributed by atoms with Crippen LogP contribution in [0.4, 0.5) is 5.69 Å². The highest BCUT2D eigenvalue weighted by molar-refractivity contribution is 7.99. The Labute approximate surface area is 214 Å². The molecule has 0 spiro atoms. The van der Waals surface area contributed by atoms with Crippen molar-refractivity contribution in [2.24, 2.45) is 0 Å². The number of rotatable bonds is 11.